The number of rotatable bonds is 3. The highest BCUT2D eigenvalue weighted by Crippen LogP contribution is 2.22. The van der Waals surface area contributed by atoms with E-state index in [-0.39, 0.29) is 5.91 Å². The van der Waals surface area contributed by atoms with Gasteiger partial charge in [-0.25, -0.2) is 4.79 Å². The van der Waals surface area contributed by atoms with Crippen molar-refractivity contribution in [2.75, 3.05) is 27.2 Å². The van der Waals surface area contributed by atoms with Crippen LogP contribution in [0.25, 0.3) is 5.70 Å². The number of nitrogens with one attached hydrogen (secondary N) is 2. The smallest absolute Gasteiger partial charge is 0.341 e. The Hall–Kier alpha value is -2.67. The number of benzene rings is 1. The number of urea groups is 1. The zero-order valence-corrected chi connectivity index (χ0v) is 17.4. The average molecular weight is 386 g/mol. The summed E-state index contributed by atoms with van der Waals surface area (Å²) in [6.45, 7) is 7.10. The molecular formula is C21H31N5O2. The lowest BCUT2D eigenvalue weighted by atomic mass is 9.86. The van der Waals surface area contributed by atoms with E-state index in [0.29, 0.717) is 24.4 Å². The SMILES string of the molecule is CNC(=O)[C@@H](NC(=O)N=C1CCN(C)CC1=C(N)c1ccccc1)C(C)(C)C. The number of likely N-dealkylation sites (tertiary alicyclic amines) is 1. The van der Waals surface area contributed by atoms with Crippen LogP contribution in [0.3, 0.4) is 0 Å². The average Bonchev–Trinajstić information content (AvgIpc) is 2.66. The maximum Gasteiger partial charge on any atom is 0.341 e. The second-order valence-corrected chi connectivity index (χ2v) is 8.17. The third kappa shape index (κ3) is 5.42. The third-order valence-electron chi connectivity index (χ3n) is 4.80. The standard InChI is InChI=1S/C21H31N5O2/c1-21(2,3)18(19(27)23-4)25-20(28)24-16-11-12-26(5)13-15(16)17(22)14-9-7-6-8-10-14/h6-10,18H,11-13,22H2,1-5H3,(H,23,27)(H,25,28)/t18-/m1/s1. The molecule has 0 unspecified atom stereocenters. The van der Waals surface area contributed by atoms with Crippen LogP contribution in [0.15, 0.2) is 40.9 Å². The van der Waals surface area contributed by atoms with E-state index >= 15 is 0 Å². The predicted molar refractivity (Wildman–Crippen MR) is 113 cm³/mol. The van der Waals surface area contributed by atoms with E-state index < -0.39 is 17.5 Å². The molecular weight excluding hydrogens is 354 g/mol. The third-order valence-corrected chi connectivity index (χ3v) is 4.80. The minimum absolute atomic E-state index is 0.246. The molecule has 0 aromatic heterocycles. The number of nitrogens with two attached hydrogens (primary N) is 1. The first-order valence-corrected chi connectivity index (χ1v) is 9.46. The lowest BCUT2D eigenvalue weighted by Gasteiger charge is -2.30. The molecule has 1 saturated heterocycles. The van der Waals surface area contributed by atoms with E-state index in [0.717, 1.165) is 17.7 Å². The quantitative estimate of drug-likeness (QED) is 0.741. The van der Waals surface area contributed by atoms with Crippen molar-refractivity contribution in [2.24, 2.45) is 16.1 Å². The van der Waals surface area contributed by atoms with Crippen molar-refractivity contribution in [3.63, 3.8) is 0 Å². The van der Waals surface area contributed by atoms with Crippen molar-refractivity contribution in [2.45, 2.75) is 33.2 Å². The lowest BCUT2D eigenvalue weighted by molar-refractivity contribution is -0.124. The number of likely N-dealkylation sites (N-methyl/N-ethyl adjacent to an activating group) is 2. The van der Waals surface area contributed by atoms with E-state index in [2.05, 4.69) is 20.5 Å². The summed E-state index contributed by atoms with van der Waals surface area (Å²) in [5.74, 6) is -0.246. The van der Waals surface area contributed by atoms with Gasteiger partial charge in [-0.2, -0.15) is 4.99 Å². The molecule has 3 amide bonds. The van der Waals surface area contributed by atoms with Crippen molar-refractivity contribution in [1.82, 2.24) is 15.5 Å². The highest BCUT2D eigenvalue weighted by atomic mass is 16.2. The highest BCUT2D eigenvalue weighted by molar-refractivity contribution is 6.11. The second-order valence-electron chi connectivity index (χ2n) is 8.17. The number of nitrogens with zero attached hydrogens (tertiary/aromatic N) is 2. The largest absolute Gasteiger partial charge is 0.398 e. The van der Waals surface area contributed by atoms with Gasteiger partial charge in [-0.05, 0) is 18.0 Å². The molecule has 0 aliphatic carbocycles. The maximum absolute atomic E-state index is 12.6. The Morgan fingerprint density at radius 2 is 1.86 bits per heavy atom. The van der Waals surface area contributed by atoms with Gasteiger partial charge in [-0.3, -0.25) is 4.79 Å². The molecule has 152 valence electrons. The van der Waals surface area contributed by atoms with Gasteiger partial charge in [-0.15, -0.1) is 0 Å². The first-order chi connectivity index (χ1) is 13.1. The van der Waals surface area contributed by atoms with Gasteiger partial charge >= 0.3 is 6.03 Å². The summed E-state index contributed by atoms with van der Waals surface area (Å²) in [6, 6.07) is 8.46. The molecule has 28 heavy (non-hydrogen) atoms. The van der Waals surface area contributed by atoms with E-state index in [9.17, 15) is 9.59 Å². The van der Waals surface area contributed by atoms with Crippen molar-refractivity contribution < 1.29 is 9.59 Å². The summed E-state index contributed by atoms with van der Waals surface area (Å²) >= 11 is 0. The molecule has 2 rings (SSSR count). The molecule has 7 heteroatoms. The number of amides is 3. The molecule has 0 radical (unpaired) electrons. The monoisotopic (exact) mass is 385 g/mol. The number of carbonyl (C=O) groups excluding carboxylic acids is 2. The number of carbonyl (C=O) groups is 2. The second kappa shape index (κ2) is 9.01. The van der Waals surface area contributed by atoms with Crippen LogP contribution in [-0.4, -0.2) is 55.8 Å². The first kappa shape index (κ1) is 21.6. The van der Waals surface area contributed by atoms with Gasteiger partial charge in [0.05, 0.1) is 5.71 Å². The normalized spacial score (nSPS) is 19.8. The number of piperidine rings is 1. The molecule has 0 saturated carbocycles. The zero-order chi connectivity index (χ0) is 20.9. The molecule has 7 nitrogen and oxygen atoms in total. The van der Waals surface area contributed by atoms with Crippen LogP contribution in [0.2, 0.25) is 0 Å². The Morgan fingerprint density at radius 1 is 1.21 bits per heavy atom. The molecule has 1 heterocycles. The molecule has 1 atom stereocenters. The fraction of sp³-hybridized carbons (Fsp3) is 0.476. The topological polar surface area (TPSA) is 99.8 Å². The van der Waals surface area contributed by atoms with E-state index in [1.807, 2.05) is 58.2 Å². The fourth-order valence-corrected chi connectivity index (χ4v) is 3.14. The summed E-state index contributed by atoms with van der Waals surface area (Å²) in [5.41, 5.74) is 9.02. The minimum atomic E-state index is -0.681. The van der Waals surface area contributed by atoms with Crippen molar-refractivity contribution in [3.05, 3.63) is 41.5 Å². The summed E-state index contributed by atoms with van der Waals surface area (Å²) in [6.07, 6.45) is 0.618. The summed E-state index contributed by atoms with van der Waals surface area (Å²) in [4.78, 5) is 31.2. The number of aliphatic imine (C=N–C) groups is 1. The van der Waals surface area contributed by atoms with Gasteiger partial charge < -0.3 is 21.3 Å². The van der Waals surface area contributed by atoms with Crippen LogP contribution in [0.4, 0.5) is 4.79 Å². The molecule has 0 bridgehead atoms. The lowest BCUT2D eigenvalue weighted by Crippen LogP contribution is -2.52. The van der Waals surface area contributed by atoms with E-state index in [4.69, 9.17) is 5.73 Å². The number of hydrogen-bond acceptors (Lipinski definition) is 4. The molecule has 1 aromatic rings. The fourth-order valence-electron chi connectivity index (χ4n) is 3.14. The van der Waals surface area contributed by atoms with E-state index in [1.54, 1.807) is 7.05 Å². The molecule has 1 aliphatic heterocycles. The van der Waals surface area contributed by atoms with Gasteiger partial charge in [0.2, 0.25) is 5.91 Å². The van der Waals surface area contributed by atoms with Crippen molar-refractivity contribution in [3.8, 4) is 0 Å². The number of hydrogen-bond donors (Lipinski definition) is 3. The Labute approximate surface area is 167 Å². The Kier molecular flexibility index (Phi) is 6.96. The minimum Gasteiger partial charge on any atom is -0.398 e. The molecule has 1 aromatic carbocycles. The zero-order valence-electron chi connectivity index (χ0n) is 17.4. The van der Waals surface area contributed by atoms with Crippen molar-refractivity contribution >= 4 is 23.3 Å². The van der Waals surface area contributed by atoms with Gasteiger partial charge in [-0.1, -0.05) is 51.1 Å². The summed E-state index contributed by atoms with van der Waals surface area (Å²) in [7, 11) is 3.56. The van der Waals surface area contributed by atoms with Crippen LogP contribution < -0.4 is 16.4 Å². The summed E-state index contributed by atoms with van der Waals surface area (Å²) < 4.78 is 0. The van der Waals surface area contributed by atoms with E-state index in [1.165, 1.54) is 0 Å². The van der Waals surface area contributed by atoms with Crippen molar-refractivity contribution in [1.29, 1.82) is 0 Å². The highest BCUT2D eigenvalue weighted by Gasteiger charge is 2.32. The van der Waals surface area contributed by atoms with Gasteiger partial charge in [0.25, 0.3) is 0 Å². The van der Waals surface area contributed by atoms with Gasteiger partial charge in [0, 0.05) is 37.8 Å². The predicted octanol–water partition coefficient (Wildman–Crippen LogP) is 2.00. The van der Waals surface area contributed by atoms with Crippen LogP contribution in [0.1, 0.15) is 32.8 Å². The Bertz CT molecular complexity index is 778. The van der Waals surface area contributed by atoms with Crippen LogP contribution in [0, 0.1) is 5.41 Å². The van der Waals surface area contributed by atoms with Gasteiger partial charge in [0.15, 0.2) is 0 Å². The van der Waals surface area contributed by atoms with Crippen LogP contribution >= 0.6 is 0 Å². The maximum atomic E-state index is 12.6. The molecule has 1 aliphatic rings. The summed E-state index contributed by atoms with van der Waals surface area (Å²) in [5, 5.41) is 5.35. The molecule has 0 spiro atoms. The Morgan fingerprint density at radius 3 is 2.43 bits per heavy atom. The van der Waals surface area contributed by atoms with Crippen LogP contribution in [0.5, 0.6) is 0 Å². The molecule has 4 N–H and O–H groups in total. The van der Waals surface area contributed by atoms with Crippen LogP contribution in [-0.2, 0) is 4.79 Å². The Balaban J connectivity index is 2.33. The molecule has 1 fully saturated rings. The van der Waals surface area contributed by atoms with Gasteiger partial charge in [0.1, 0.15) is 6.04 Å². The first-order valence-electron chi connectivity index (χ1n) is 9.46.